The van der Waals surface area contributed by atoms with E-state index in [9.17, 15) is 33.9 Å². The maximum absolute atomic E-state index is 13.5. The van der Waals surface area contributed by atoms with Crippen molar-refractivity contribution < 1.29 is 33.9 Å². The number of rotatable bonds is 15. The number of carboxylic acid groups (broad SMARTS) is 1. The van der Waals surface area contributed by atoms with Gasteiger partial charge in [0.1, 0.15) is 17.6 Å². The molecule has 2 rings (SSSR count). The minimum Gasteiger partial charge on any atom is -0.480 e. The zero-order chi connectivity index (χ0) is 34.8. The van der Waals surface area contributed by atoms with Gasteiger partial charge in [-0.2, -0.15) is 0 Å². The third-order valence-electron chi connectivity index (χ3n) is 7.85. The van der Waals surface area contributed by atoms with Crippen LogP contribution in [0.15, 0.2) is 54.6 Å². The maximum atomic E-state index is 13.5. The minimum absolute atomic E-state index is 0.0439. The number of benzene rings is 2. The summed E-state index contributed by atoms with van der Waals surface area (Å²) in [5.41, 5.74) is 0.978. The van der Waals surface area contributed by atoms with E-state index in [-0.39, 0.29) is 24.2 Å². The Balaban J connectivity index is 2.20. The van der Waals surface area contributed by atoms with E-state index in [1.165, 1.54) is 20.8 Å². The van der Waals surface area contributed by atoms with Crippen molar-refractivity contribution >= 4 is 35.4 Å². The molecular formula is C35H48N4O7. The molecule has 4 atom stereocenters. The number of carbonyl (C=O) groups excluding carboxylic acids is 5. The molecule has 11 nitrogen and oxygen atoms in total. The Kier molecular flexibility index (Phi) is 13.2. The van der Waals surface area contributed by atoms with Gasteiger partial charge in [0.2, 0.25) is 23.5 Å². The van der Waals surface area contributed by atoms with Crippen LogP contribution in [0.4, 0.5) is 0 Å². The molecule has 2 aromatic rings. The molecule has 0 spiro atoms. The van der Waals surface area contributed by atoms with Gasteiger partial charge in [-0.15, -0.1) is 0 Å². The Morgan fingerprint density at radius 1 is 0.761 bits per heavy atom. The lowest BCUT2D eigenvalue weighted by molar-refractivity contribution is -0.147. The number of aliphatic carboxylic acids is 1. The van der Waals surface area contributed by atoms with Crippen LogP contribution < -0.4 is 21.3 Å². The van der Waals surface area contributed by atoms with Crippen LogP contribution in [0.3, 0.4) is 0 Å². The molecule has 0 aliphatic carbocycles. The summed E-state index contributed by atoms with van der Waals surface area (Å²) in [5, 5.41) is 19.5. The van der Waals surface area contributed by atoms with Crippen LogP contribution in [0.1, 0.15) is 78.5 Å². The fraction of sp³-hybridized carbons (Fsp3) is 0.486. The van der Waals surface area contributed by atoms with Crippen LogP contribution in [0.25, 0.3) is 0 Å². The molecule has 250 valence electrons. The summed E-state index contributed by atoms with van der Waals surface area (Å²) in [6.07, 6.45) is 0.634. The largest absolute Gasteiger partial charge is 0.480 e. The minimum atomic E-state index is -1.61. The summed E-state index contributed by atoms with van der Waals surface area (Å²) in [5.74, 6) is -5.61. The van der Waals surface area contributed by atoms with Crippen LogP contribution >= 0.6 is 0 Å². The van der Waals surface area contributed by atoms with Gasteiger partial charge in [-0.3, -0.25) is 24.0 Å². The molecule has 4 amide bonds. The van der Waals surface area contributed by atoms with Crippen molar-refractivity contribution in [3.8, 4) is 0 Å². The number of carbonyl (C=O) groups is 6. The summed E-state index contributed by atoms with van der Waals surface area (Å²) in [6, 6.07) is 13.2. The Hall–Kier alpha value is -4.54. The number of hydrogen-bond donors (Lipinski definition) is 5. The predicted molar refractivity (Wildman–Crippen MR) is 175 cm³/mol. The van der Waals surface area contributed by atoms with Gasteiger partial charge in [-0.25, -0.2) is 4.79 Å². The predicted octanol–water partition coefficient (Wildman–Crippen LogP) is 2.84. The summed E-state index contributed by atoms with van der Waals surface area (Å²) in [4.78, 5) is 76.9. The van der Waals surface area contributed by atoms with Crippen molar-refractivity contribution in [2.75, 3.05) is 0 Å². The number of Topliss-reactive ketones (excluding diaryl/α,β-unsaturated/α-hetero) is 1. The van der Waals surface area contributed by atoms with E-state index in [2.05, 4.69) is 42.0 Å². The highest BCUT2D eigenvalue weighted by Crippen LogP contribution is 2.22. The van der Waals surface area contributed by atoms with Gasteiger partial charge < -0.3 is 26.4 Å². The standard InChI is InChI=1S/C35H48N4O7/c1-9-21(2)28(31(43)39-35(7,8)33(45)46)38-32(44)29(41)22(3)36-30(42)26(37-27(40)20-23-13-11-10-12-14-23)19-24-15-17-25(18-16-24)34(4,5)6/h10-18,21-22,26,28H,9,19-20H2,1-8H3,(H,36,42)(H,37,40)(H,38,44)(H,39,43)(H,45,46)/t21-,22?,26-,28?/m0/s1. The van der Waals surface area contributed by atoms with E-state index in [0.29, 0.717) is 6.42 Å². The van der Waals surface area contributed by atoms with Crippen molar-refractivity contribution in [3.63, 3.8) is 0 Å². The summed E-state index contributed by atoms with van der Waals surface area (Å²) >= 11 is 0. The Morgan fingerprint density at radius 3 is 1.87 bits per heavy atom. The molecule has 0 fully saturated rings. The van der Waals surface area contributed by atoms with Crippen LogP contribution in [-0.2, 0) is 47.0 Å². The molecule has 2 aromatic carbocycles. The number of carboxylic acids is 1. The topological polar surface area (TPSA) is 171 Å². The molecule has 46 heavy (non-hydrogen) atoms. The van der Waals surface area contributed by atoms with E-state index < -0.39 is 59.1 Å². The zero-order valence-electron chi connectivity index (χ0n) is 28.0. The molecule has 0 aliphatic rings. The smallest absolute Gasteiger partial charge is 0.328 e. The van der Waals surface area contributed by atoms with Crippen molar-refractivity contribution in [2.24, 2.45) is 5.92 Å². The average Bonchev–Trinajstić information content (AvgIpc) is 2.98. The molecule has 0 aliphatic heterocycles. The van der Waals surface area contributed by atoms with Gasteiger partial charge in [0, 0.05) is 6.42 Å². The molecule has 0 aromatic heterocycles. The van der Waals surface area contributed by atoms with Crippen molar-refractivity contribution in [1.29, 1.82) is 0 Å². The maximum Gasteiger partial charge on any atom is 0.328 e. The molecule has 11 heteroatoms. The molecule has 5 N–H and O–H groups in total. The van der Waals surface area contributed by atoms with Gasteiger partial charge in [-0.1, -0.05) is 95.6 Å². The monoisotopic (exact) mass is 636 g/mol. The lowest BCUT2D eigenvalue weighted by atomic mass is 9.86. The number of hydrogen-bond acceptors (Lipinski definition) is 6. The van der Waals surface area contributed by atoms with Crippen LogP contribution in [-0.4, -0.2) is 64.2 Å². The van der Waals surface area contributed by atoms with Crippen LogP contribution in [0.5, 0.6) is 0 Å². The Bertz CT molecular complexity index is 1400. The van der Waals surface area contributed by atoms with Crippen molar-refractivity contribution in [2.45, 2.75) is 104 Å². The highest BCUT2D eigenvalue weighted by molar-refractivity contribution is 6.38. The van der Waals surface area contributed by atoms with Crippen LogP contribution in [0.2, 0.25) is 0 Å². The summed E-state index contributed by atoms with van der Waals surface area (Å²) in [6.45, 7) is 13.7. The van der Waals surface area contributed by atoms with E-state index in [4.69, 9.17) is 0 Å². The van der Waals surface area contributed by atoms with Crippen molar-refractivity contribution in [1.82, 2.24) is 21.3 Å². The molecule has 0 bridgehead atoms. The lowest BCUT2D eigenvalue weighted by Gasteiger charge is -2.28. The number of ketones is 1. The quantitative estimate of drug-likeness (QED) is 0.187. The first kappa shape index (κ1) is 37.6. The zero-order valence-corrected chi connectivity index (χ0v) is 28.0. The first-order valence-corrected chi connectivity index (χ1v) is 15.5. The molecule has 0 saturated heterocycles. The number of amides is 4. The van der Waals surface area contributed by atoms with Gasteiger partial charge in [0.25, 0.3) is 5.91 Å². The molecule has 2 unspecified atom stereocenters. The fourth-order valence-electron chi connectivity index (χ4n) is 4.54. The van der Waals surface area contributed by atoms with E-state index in [1.54, 1.807) is 26.0 Å². The van der Waals surface area contributed by atoms with Gasteiger partial charge in [-0.05, 0) is 48.8 Å². The second kappa shape index (κ2) is 16.1. The van der Waals surface area contributed by atoms with Gasteiger partial charge >= 0.3 is 5.97 Å². The first-order chi connectivity index (χ1) is 21.3. The highest BCUT2D eigenvalue weighted by atomic mass is 16.4. The van der Waals surface area contributed by atoms with Gasteiger partial charge in [0.15, 0.2) is 0 Å². The highest BCUT2D eigenvalue weighted by Gasteiger charge is 2.36. The second-order valence-corrected chi connectivity index (χ2v) is 13.3. The molecule has 0 saturated carbocycles. The summed E-state index contributed by atoms with van der Waals surface area (Å²) in [7, 11) is 0. The van der Waals surface area contributed by atoms with E-state index in [1.807, 2.05) is 42.5 Å². The normalized spacial score (nSPS) is 14.2. The van der Waals surface area contributed by atoms with Crippen molar-refractivity contribution in [3.05, 3.63) is 71.3 Å². The second-order valence-electron chi connectivity index (χ2n) is 13.3. The first-order valence-electron chi connectivity index (χ1n) is 15.5. The van der Waals surface area contributed by atoms with Gasteiger partial charge in [0.05, 0.1) is 12.5 Å². The lowest BCUT2D eigenvalue weighted by Crippen LogP contribution is -2.60. The third kappa shape index (κ3) is 11.1. The van der Waals surface area contributed by atoms with E-state index >= 15 is 0 Å². The summed E-state index contributed by atoms with van der Waals surface area (Å²) < 4.78 is 0. The Morgan fingerprint density at radius 2 is 1.35 bits per heavy atom. The third-order valence-corrected chi connectivity index (χ3v) is 7.85. The molecule has 0 radical (unpaired) electrons. The van der Waals surface area contributed by atoms with Crippen LogP contribution in [0, 0.1) is 5.92 Å². The fourth-order valence-corrected chi connectivity index (χ4v) is 4.54. The van der Waals surface area contributed by atoms with E-state index in [0.717, 1.165) is 16.7 Å². The SMILES string of the molecule is CC[C@H](C)C(NC(=O)C(=O)C(C)NC(=O)[C@H](Cc1ccc(C(C)(C)C)cc1)NC(=O)Cc1ccccc1)C(=O)NC(C)(C)C(=O)O. The molecular weight excluding hydrogens is 588 g/mol. The molecule has 0 heterocycles. The Labute approximate surface area is 271 Å². The average molecular weight is 637 g/mol. The number of nitrogens with one attached hydrogen (secondary N) is 4.